The molecule has 1 fully saturated rings. The monoisotopic (exact) mass is 411 g/mol. The number of rotatable bonds is 7. The van der Waals surface area contributed by atoms with Crippen LogP contribution in [0.2, 0.25) is 0 Å². The topological polar surface area (TPSA) is 120 Å². The number of aryl methyl sites for hydroxylation is 1. The van der Waals surface area contributed by atoms with Crippen molar-refractivity contribution >= 4 is 33.3 Å². The quantitative estimate of drug-likeness (QED) is 0.541. The number of nitrogens with one attached hydrogen (secondary N) is 1. The molecule has 0 spiro atoms. The van der Waals surface area contributed by atoms with Crippen molar-refractivity contribution in [2.75, 3.05) is 16.8 Å². The second kappa shape index (κ2) is 7.85. The zero-order valence-corrected chi connectivity index (χ0v) is 16.7. The smallest absolute Gasteiger partial charge is 0.238 e. The number of amides is 1. The molecule has 0 saturated carbocycles. The molecule has 146 valence electrons. The number of sulfone groups is 1. The van der Waals surface area contributed by atoms with Gasteiger partial charge in [0.25, 0.3) is 0 Å². The summed E-state index contributed by atoms with van der Waals surface area (Å²) in [6, 6.07) is 1.63. The van der Waals surface area contributed by atoms with E-state index in [2.05, 4.69) is 27.2 Å². The van der Waals surface area contributed by atoms with E-state index >= 15 is 0 Å². The lowest BCUT2D eigenvalue weighted by molar-refractivity contribution is -0.115. The number of aromatic nitrogens is 4. The molecule has 1 amide bonds. The first-order chi connectivity index (χ1) is 12.8. The normalized spacial score (nSPS) is 19.7. The Labute approximate surface area is 161 Å². The van der Waals surface area contributed by atoms with Gasteiger partial charge in [0.15, 0.2) is 20.8 Å². The van der Waals surface area contributed by atoms with E-state index in [9.17, 15) is 13.2 Å². The molecule has 0 aliphatic carbocycles. The Morgan fingerprint density at radius 1 is 1.56 bits per heavy atom. The van der Waals surface area contributed by atoms with E-state index in [4.69, 9.17) is 4.52 Å². The zero-order valence-electron chi connectivity index (χ0n) is 15.1. The molecule has 1 aliphatic heterocycles. The molecule has 11 heteroatoms. The fraction of sp³-hybridized carbons (Fsp3) is 0.500. The highest BCUT2D eigenvalue weighted by atomic mass is 32.2. The Balaban J connectivity index is 1.74. The molecule has 3 rings (SSSR count). The van der Waals surface area contributed by atoms with E-state index in [0.29, 0.717) is 35.5 Å². The molecule has 2 aromatic rings. The number of hydrogen-bond acceptors (Lipinski definition) is 8. The molecular formula is C16H21N5O4S2. The fourth-order valence-electron chi connectivity index (χ4n) is 2.85. The van der Waals surface area contributed by atoms with Crippen LogP contribution >= 0.6 is 11.8 Å². The van der Waals surface area contributed by atoms with Crippen LogP contribution in [0.3, 0.4) is 0 Å². The third kappa shape index (κ3) is 4.59. The van der Waals surface area contributed by atoms with Crippen molar-refractivity contribution in [3.63, 3.8) is 0 Å². The minimum absolute atomic E-state index is 0.0779. The standard InChI is InChI=1S/C16H21N5O4S2/c1-4-6-21-14(12-5-7-27(23,24)9-12)18-19-16(21)26-11(3)15(22)17-13-8-10(2)25-20-13/h4,8,11-12H,1,5-7,9H2,2-3H3,(H,17,20,22)/t11-,12+/m0/s1. The molecule has 0 aromatic carbocycles. The molecule has 1 N–H and O–H groups in total. The molecule has 1 aliphatic rings. The van der Waals surface area contributed by atoms with E-state index in [1.165, 1.54) is 11.8 Å². The first-order valence-corrected chi connectivity index (χ1v) is 11.1. The summed E-state index contributed by atoms with van der Waals surface area (Å²) in [4.78, 5) is 12.4. The predicted octanol–water partition coefficient (Wildman–Crippen LogP) is 1.78. The molecule has 0 bridgehead atoms. The largest absolute Gasteiger partial charge is 0.360 e. The summed E-state index contributed by atoms with van der Waals surface area (Å²) in [5, 5.41) is 14.9. The number of hydrogen-bond donors (Lipinski definition) is 1. The van der Waals surface area contributed by atoms with Crippen LogP contribution in [-0.4, -0.2) is 51.0 Å². The van der Waals surface area contributed by atoms with Crippen LogP contribution in [0, 0.1) is 6.92 Å². The first-order valence-electron chi connectivity index (χ1n) is 8.44. The Bertz CT molecular complexity index is 950. The van der Waals surface area contributed by atoms with Gasteiger partial charge in [-0.05, 0) is 20.3 Å². The fourth-order valence-corrected chi connectivity index (χ4v) is 5.46. The van der Waals surface area contributed by atoms with Crippen molar-refractivity contribution in [2.45, 2.75) is 43.1 Å². The molecule has 1 saturated heterocycles. The Morgan fingerprint density at radius 2 is 2.33 bits per heavy atom. The van der Waals surface area contributed by atoms with E-state index in [1.54, 1.807) is 26.0 Å². The van der Waals surface area contributed by atoms with Gasteiger partial charge in [-0.3, -0.25) is 4.79 Å². The molecule has 9 nitrogen and oxygen atoms in total. The van der Waals surface area contributed by atoms with Gasteiger partial charge in [0.2, 0.25) is 5.91 Å². The summed E-state index contributed by atoms with van der Waals surface area (Å²) in [6.07, 6.45) is 2.23. The number of thioether (sulfide) groups is 1. The SMILES string of the molecule is C=CCn1c(S[C@@H](C)C(=O)Nc2cc(C)on2)nnc1[C@@H]1CCS(=O)(=O)C1. The maximum atomic E-state index is 12.4. The molecule has 27 heavy (non-hydrogen) atoms. The highest BCUT2D eigenvalue weighted by Crippen LogP contribution is 2.31. The molecule has 0 radical (unpaired) electrons. The van der Waals surface area contributed by atoms with Gasteiger partial charge in [-0.15, -0.1) is 16.8 Å². The van der Waals surface area contributed by atoms with E-state index in [-0.39, 0.29) is 23.3 Å². The van der Waals surface area contributed by atoms with Crippen LogP contribution in [0.15, 0.2) is 28.4 Å². The van der Waals surface area contributed by atoms with E-state index in [0.717, 1.165) is 0 Å². The van der Waals surface area contributed by atoms with Crippen molar-refractivity contribution in [1.29, 1.82) is 0 Å². The molecular weight excluding hydrogens is 390 g/mol. The van der Waals surface area contributed by atoms with Crippen molar-refractivity contribution in [3.05, 3.63) is 30.3 Å². The van der Waals surface area contributed by atoms with Gasteiger partial charge in [-0.1, -0.05) is 23.0 Å². The minimum atomic E-state index is -3.03. The van der Waals surface area contributed by atoms with Crippen molar-refractivity contribution in [3.8, 4) is 0 Å². The van der Waals surface area contributed by atoms with Gasteiger partial charge in [0.05, 0.1) is 16.8 Å². The minimum Gasteiger partial charge on any atom is -0.360 e. The second-order valence-electron chi connectivity index (χ2n) is 6.41. The first kappa shape index (κ1) is 19.6. The van der Waals surface area contributed by atoms with E-state index in [1.807, 2.05) is 4.57 Å². The molecule has 2 aromatic heterocycles. The summed E-state index contributed by atoms with van der Waals surface area (Å²) < 4.78 is 30.3. The van der Waals surface area contributed by atoms with Crippen LogP contribution in [0.25, 0.3) is 0 Å². The van der Waals surface area contributed by atoms with Crippen LogP contribution in [0.4, 0.5) is 5.82 Å². The predicted molar refractivity (Wildman–Crippen MR) is 101 cm³/mol. The number of carbonyl (C=O) groups excluding carboxylic acids is 1. The number of anilines is 1. The van der Waals surface area contributed by atoms with Gasteiger partial charge >= 0.3 is 0 Å². The van der Waals surface area contributed by atoms with Gasteiger partial charge < -0.3 is 14.4 Å². The summed E-state index contributed by atoms with van der Waals surface area (Å²) in [6.45, 7) is 7.68. The summed E-state index contributed by atoms with van der Waals surface area (Å²) in [5.74, 6) is 1.40. The third-order valence-corrected chi connectivity index (χ3v) is 7.03. The molecule has 0 unspecified atom stereocenters. The van der Waals surface area contributed by atoms with Crippen LogP contribution in [0.5, 0.6) is 0 Å². The van der Waals surface area contributed by atoms with Gasteiger partial charge in [-0.25, -0.2) is 8.42 Å². The third-order valence-electron chi connectivity index (χ3n) is 4.19. The van der Waals surface area contributed by atoms with Crippen LogP contribution in [-0.2, 0) is 21.2 Å². The van der Waals surface area contributed by atoms with Gasteiger partial charge in [-0.2, -0.15) is 0 Å². The number of carbonyl (C=O) groups is 1. The Kier molecular flexibility index (Phi) is 5.70. The molecule has 3 heterocycles. The maximum absolute atomic E-state index is 12.4. The Hall–Kier alpha value is -2.14. The second-order valence-corrected chi connectivity index (χ2v) is 9.95. The lowest BCUT2D eigenvalue weighted by Gasteiger charge is -2.13. The highest BCUT2D eigenvalue weighted by molar-refractivity contribution is 8.00. The van der Waals surface area contributed by atoms with Gasteiger partial charge in [0, 0.05) is 18.5 Å². The average molecular weight is 412 g/mol. The van der Waals surface area contributed by atoms with Gasteiger partial charge in [0.1, 0.15) is 11.6 Å². The summed E-state index contributed by atoms with van der Waals surface area (Å²) in [5.41, 5.74) is 0. The van der Waals surface area contributed by atoms with E-state index < -0.39 is 15.1 Å². The number of nitrogens with zero attached hydrogens (tertiary/aromatic N) is 4. The zero-order chi connectivity index (χ0) is 19.6. The lowest BCUT2D eigenvalue weighted by Crippen LogP contribution is -2.23. The maximum Gasteiger partial charge on any atom is 0.238 e. The molecule has 2 atom stereocenters. The van der Waals surface area contributed by atoms with Crippen molar-refractivity contribution < 1.29 is 17.7 Å². The summed E-state index contributed by atoms with van der Waals surface area (Å²) in [7, 11) is -3.03. The van der Waals surface area contributed by atoms with Crippen LogP contribution < -0.4 is 5.32 Å². The highest BCUT2D eigenvalue weighted by Gasteiger charge is 2.33. The average Bonchev–Trinajstić information content (AvgIpc) is 3.28. The number of allylic oxidation sites excluding steroid dienone is 1. The van der Waals surface area contributed by atoms with Crippen molar-refractivity contribution in [1.82, 2.24) is 19.9 Å². The Morgan fingerprint density at radius 3 is 2.93 bits per heavy atom. The summed E-state index contributed by atoms with van der Waals surface area (Å²) >= 11 is 1.25. The van der Waals surface area contributed by atoms with Crippen LogP contribution in [0.1, 0.15) is 30.8 Å². The van der Waals surface area contributed by atoms with Crippen molar-refractivity contribution in [2.24, 2.45) is 0 Å². The lowest BCUT2D eigenvalue weighted by atomic mass is 10.1.